The van der Waals surface area contributed by atoms with Crippen molar-refractivity contribution < 1.29 is 19.1 Å². The molecule has 0 saturated carbocycles. The summed E-state index contributed by atoms with van der Waals surface area (Å²) in [5, 5.41) is 16.9. The molecule has 1 saturated heterocycles. The minimum absolute atomic E-state index is 0.0305. The molecule has 4 heterocycles. The van der Waals surface area contributed by atoms with Crippen LogP contribution in [0.5, 0.6) is 0 Å². The van der Waals surface area contributed by atoms with Gasteiger partial charge in [0.1, 0.15) is 11.3 Å². The number of nitrogens with one attached hydrogen (secondary N) is 1. The first kappa shape index (κ1) is 20.2. The summed E-state index contributed by atoms with van der Waals surface area (Å²) in [4.78, 5) is 34.3. The van der Waals surface area contributed by atoms with Gasteiger partial charge in [-0.05, 0) is 37.1 Å². The summed E-state index contributed by atoms with van der Waals surface area (Å²) in [5.74, 6) is -0.392. The van der Waals surface area contributed by atoms with Gasteiger partial charge in [-0.3, -0.25) is 14.8 Å². The number of piperidine rings is 1. The molecule has 1 aliphatic rings. The van der Waals surface area contributed by atoms with Gasteiger partial charge in [-0.15, -0.1) is 0 Å². The Morgan fingerprint density at radius 2 is 2.16 bits per heavy atom. The number of nitrogen functional groups attached to an aromatic ring is 1. The molecule has 0 unspecified atom stereocenters. The number of rotatable bonds is 3. The van der Waals surface area contributed by atoms with E-state index in [1.165, 1.54) is 11.1 Å². The average molecular weight is 500 g/mol. The van der Waals surface area contributed by atoms with Crippen LogP contribution >= 0.6 is 15.9 Å². The van der Waals surface area contributed by atoms with Crippen LogP contribution < -0.4 is 11.1 Å². The molecule has 1 aromatic carbocycles. The minimum atomic E-state index is -0.979. The summed E-state index contributed by atoms with van der Waals surface area (Å²) in [6.07, 6.45) is 1.98. The fraction of sp³-hybridized carbons (Fsp3) is 0.250. The zero-order valence-corrected chi connectivity index (χ0v) is 18.2. The fourth-order valence-electron chi connectivity index (χ4n) is 3.99. The molecule has 2 amide bonds. The Morgan fingerprint density at radius 3 is 2.97 bits per heavy atom. The second-order valence-corrected chi connectivity index (χ2v) is 8.41. The zero-order valence-electron chi connectivity index (χ0n) is 16.7. The first-order valence-corrected chi connectivity index (χ1v) is 10.7. The van der Waals surface area contributed by atoms with Crippen LogP contribution in [0.4, 0.5) is 16.6 Å². The number of pyridine rings is 1. The lowest BCUT2D eigenvalue weighted by molar-refractivity contribution is 0.101. The lowest BCUT2D eigenvalue weighted by atomic mass is 10.1. The number of likely N-dealkylation sites (tertiary alicyclic amines) is 1. The van der Waals surface area contributed by atoms with Crippen molar-refractivity contribution in [3.8, 4) is 0 Å². The van der Waals surface area contributed by atoms with Crippen molar-refractivity contribution in [3.63, 3.8) is 0 Å². The molecule has 0 spiro atoms. The van der Waals surface area contributed by atoms with Gasteiger partial charge in [-0.1, -0.05) is 15.9 Å². The molecule has 4 aromatic rings. The molecule has 12 heteroatoms. The summed E-state index contributed by atoms with van der Waals surface area (Å²) in [5.41, 5.74) is 7.88. The Balaban J connectivity index is 1.51. The van der Waals surface area contributed by atoms with E-state index >= 15 is 0 Å². The van der Waals surface area contributed by atoms with Crippen molar-refractivity contribution in [2.24, 2.45) is 0 Å². The summed E-state index contributed by atoms with van der Waals surface area (Å²) < 4.78 is 8.11. The molecule has 1 fully saturated rings. The Hall–Kier alpha value is -3.67. The predicted molar refractivity (Wildman–Crippen MR) is 119 cm³/mol. The van der Waals surface area contributed by atoms with E-state index in [0.29, 0.717) is 35.0 Å². The van der Waals surface area contributed by atoms with Crippen LogP contribution in [0.3, 0.4) is 0 Å². The Labute approximate surface area is 189 Å². The van der Waals surface area contributed by atoms with E-state index in [2.05, 4.69) is 36.3 Å². The van der Waals surface area contributed by atoms with Crippen LogP contribution in [0.1, 0.15) is 29.4 Å². The van der Waals surface area contributed by atoms with Gasteiger partial charge < -0.3 is 20.2 Å². The second-order valence-electron chi connectivity index (χ2n) is 7.49. The molecular formula is C20H18BrN7O4. The Kier molecular flexibility index (Phi) is 4.93. The second kappa shape index (κ2) is 7.79. The van der Waals surface area contributed by atoms with Crippen molar-refractivity contribution in [1.29, 1.82) is 0 Å². The number of halogens is 1. The number of fused-ring (bicyclic) bond motifs is 2. The van der Waals surface area contributed by atoms with Gasteiger partial charge in [0.05, 0.1) is 16.9 Å². The van der Waals surface area contributed by atoms with Crippen LogP contribution in [0, 0.1) is 0 Å². The predicted octanol–water partition coefficient (Wildman–Crippen LogP) is 3.48. The normalized spacial score (nSPS) is 16.5. The molecule has 32 heavy (non-hydrogen) atoms. The van der Waals surface area contributed by atoms with Crippen LogP contribution in [0.15, 0.2) is 39.4 Å². The van der Waals surface area contributed by atoms with Crippen molar-refractivity contribution in [2.75, 3.05) is 24.1 Å². The number of carbonyl (C=O) groups is 2. The maximum absolute atomic E-state index is 13.1. The maximum atomic E-state index is 13.1. The average Bonchev–Trinajstić information content (AvgIpc) is 3.35. The van der Waals surface area contributed by atoms with E-state index in [9.17, 15) is 14.7 Å². The van der Waals surface area contributed by atoms with E-state index in [-0.39, 0.29) is 30.1 Å². The number of nitrogens with two attached hydrogens (primary N) is 1. The number of hydrogen-bond acceptors (Lipinski definition) is 7. The maximum Gasteiger partial charge on any atom is 0.407 e. The van der Waals surface area contributed by atoms with Crippen LogP contribution in [0.25, 0.3) is 22.0 Å². The van der Waals surface area contributed by atoms with E-state index in [1.807, 2.05) is 6.07 Å². The number of carboxylic acid groups (broad SMARTS) is 1. The number of hydrogen-bond donors (Lipinski definition) is 3. The topological polar surface area (TPSA) is 152 Å². The number of nitrogens with zero attached hydrogens (tertiary/aromatic N) is 5. The molecule has 164 valence electrons. The highest BCUT2D eigenvalue weighted by atomic mass is 79.9. The van der Waals surface area contributed by atoms with Gasteiger partial charge in [0.15, 0.2) is 11.3 Å². The summed E-state index contributed by atoms with van der Waals surface area (Å²) >= 11 is 3.37. The summed E-state index contributed by atoms with van der Waals surface area (Å²) in [7, 11) is 0. The monoisotopic (exact) mass is 499 g/mol. The largest absolute Gasteiger partial charge is 0.465 e. The SMILES string of the molecule is Nc1nccc2c1c(C(=O)Nc1nc3ccc(Br)cc3o1)nn2[C@@H]1CCCN(C(=O)O)C1. The fourth-order valence-corrected chi connectivity index (χ4v) is 4.33. The van der Waals surface area contributed by atoms with Crippen molar-refractivity contribution >= 4 is 61.8 Å². The minimum Gasteiger partial charge on any atom is -0.465 e. The Morgan fingerprint density at radius 1 is 1.31 bits per heavy atom. The quantitative estimate of drug-likeness (QED) is 0.387. The van der Waals surface area contributed by atoms with Crippen molar-refractivity contribution in [2.45, 2.75) is 18.9 Å². The molecule has 0 radical (unpaired) electrons. The number of oxazole rings is 1. The lowest BCUT2D eigenvalue weighted by Gasteiger charge is -2.31. The first-order chi connectivity index (χ1) is 15.4. The summed E-state index contributed by atoms with van der Waals surface area (Å²) in [6, 6.07) is 6.85. The molecule has 4 N–H and O–H groups in total. The van der Waals surface area contributed by atoms with E-state index < -0.39 is 12.0 Å². The third kappa shape index (κ3) is 3.51. The number of aromatic nitrogens is 4. The molecule has 0 bridgehead atoms. The number of amides is 2. The third-order valence-corrected chi connectivity index (χ3v) is 5.94. The smallest absolute Gasteiger partial charge is 0.407 e. The summed E-state index contributed by atoms with van der Waals surface area (Å²) in [6.45, 7) is 0.741. The van der Waals surface area contributed by atoms with Gasteiger partial charge in [-0.2, -0.15) is 10.1 Å². The molecule has 3 aromatic heterocycles. The van der Waals surface area contributed by atoms with Crippen molar-refractivity contribution in [3.05, 3.63) is 40.6 Å². The zero-order chi connectivity index (χ0) is 22.4. The number of anilines is 2. The van der Waals surface area contributed by atoms with Crippen LogP contribution in [-0.4, -0.2) is 54.8 Å². The lowest BCUT2D eigenvalue weighted by Crippen LogP contribution is -2.40. The molecule has 0 aliphatic carbocycles. The van der Waals surface area contributed by atoms with Gasteiger partial charge in [0, 0.05) is 23.8 Å². The van der Waals surface area contributed by atoms with Gasteiger partial charge in [0.25, 0.3) is 5.91 Å². The highest BCUT2D eigenvalue weighted by Gasteiger charge is 2.29. The molecule has 1 atom stereocenters. The van der Waals surface area contributed by atoms with Crippen LogP contribution in [0.2, 0.25) is 0 Å². The van der Waals surface area contributed by atoms with Crippen molar-refractivity contribution in [1.82, 2.24) is 24.6 Å². The molecule has 5 rings (SSSR count). The molecule has 1 aliphatic heterocycles. The molecule has 11 nitrogen and oxygen atoms in total. The van der Waals surface area contributed by atoms with Gasteiger partial charge in [0.2, 0.25) is 0 Å². The highest BCUT2D eigenvalue weighted by molar-refractivity contribution is 9.10. The molecular weight excluding hydrogens is 482 g/mol. The number of benzene rings is 1. The Bertz CT molecular complexity index is 1360. The third-order valence-electron chi connectivity index (χ3n) is 5.45. The number of carbonyl (C=O) groups excluding carboxylic acids is 1. The van der Waals surface area contributed by atoms with E-state index in [4.69, 9.17) is 10.2 Å². The first-order valence-electron chi connectivity index (χ1n) is 9.88. The van der Waals surface area contributed by atoms with Crippen LogP contribution in [-0.2, 0) is 0 Å². The van der Waals surface area contributed by atoms with E-state index in [0.717, 1.165) is 10.9 Å². The van der Waals surface area contributed by atoms with Gasteiger partial charge >= 0.3 is 12.1 Å². The highest BCUT2D eigenvalue weighted by Crippen LogP contribution is 2.30. The van der Waals surface area contributed by atoms with E-state index in [1.54, 1.807) is 22.9 Å². The standard InChI is InChI=1S/C20H18BrN7O4/c21-10-3-4-12-14(8-10)32-19(24-12)25-18(29)16-15-13(5-6-23-17(15)22)28(26-16)11-2-1-7-27(9-11)20(30)31/h3-6,8,11H,1-2,7,9H2,(H2,22,23)(H,30,31)(H,24,25,29)/t11-/m1/s1. The van der Waals surface area contributed by atoms with Gasteiger partial charge in [-0.25, -0.2) is 9.78 Å².